The molecule has 0 saturated carbocycles. The summed E-state index contributed by atoms with van der Waals surface area (Å²) in [4.78, 5) is 20.3. The molecule has 0 bridgehead atoms. The summed E-state index contributed by atoms with van der Waals surface area (Å²) in [6, 6.07) is 3.47. The zero-order valence-corrected chi connectivity index (χ0v) is 17.6. The van der Waals surface area contributed by atoms with E-state index in [9.17, 15) is 18.0 Å². The minimum absolute atomic E-state index is 0.0488. The zero-order valence-electron chi connectivity index (χ0n) is 16.9. The molecule has 11 heteroatoms. The first-order valence-corrected chi connectivity index (χ1v) is 10.2. The number of aromatic nitrogens is 1. The zero-order chi connectivity index (χ0) is 22.3. The van der Waals surface area contributed by atoms with Crippen molar-refractivity contribution in [1.82, 2.24) is 14.8 Å². The monoisotopic (exact) mass is 448 g/mol. The molecule has 1 fully saturated rings. The SMILES string of the molecule is CCN(C(=O)C1CCN(CCC(F)(F)F)CC1)C(=CN(N)c1cccnc1)C(N)Cl. The summed E-state index contributed by atoms with van der Waals surface area (Å²) in [5.74, 6) is 5.59. The van der Waals surface area contributed by atoms with Gasteiger partial charge in [0.1, 0.15) is 5.50 Å². The number of hydrogen-bond donors (Lipinski definition) is 2. The number of hydrogen-bond acceptors (Lipinski definition) is 6. The van der Waals surface area contributed by atoms with Crippen LogP contribution in [0, 0.1) is 5.92 Å². The van der Waals surface area contributed by atoms with E-state index in [1.165, 1.54) is 16.1 Å². The van der Waals surface area contributed by atoms with Gasteiger partial charge in [0, 0.05) is 31.4 Å². The number of alkyl halides is 4. The standard InChI is InChI=1S/C19H28ClF3N6O/c1-2-28(16(17(20)24)13-29(25)15-4-3-8-26-12-15)18(30)14-5-9-27(10-6-14)11-7-19(21,22)23/h3-4,8,12-14,17H,2,5-7,9-11,24-25H2,1H3. The summed E-state index contributed by atoms with van der Waals surface area (Å²) >= 11 is 6.14. The topological polar surface area (TPSA) is 91.7 Å². The van der Waals surface area contributed by atoms with Gasteiger partial charge in [0.2, 0.25) is 5.91 Å². The molecule has 2 heterocycles. The van der Waals surface area contributed by atoms with Crippen LogP contribution in [0.4, 0.5) is 18.9 Å². The number of anilines is 1. The van der Waals surface area contributed by atoms with Gasteiger partial charge in [-0.05, 0) is 45.0 Å². The summed E-state index contributed by atoms with van der Waals surface area (Å²) in [6.45, 7) is 2.96. The molecule has 1 unspecified atom stereocenters. The Bertz CT molecular complexity index is 708. The second-order valence-corrected chi connectivity index (χ2v) is 7.61. The Balaban J connectivity index is 2.05. The third kappa shape index (κ3) is 7.12. The minimum atomic E-state index is -4.18. The van der Waals surface area contributed by atoms with Gasteiger partial charge in [0.15, 0.2) is 0 Å². The highest BCUT2D eigenvalue weighted by molar-refractivity contribution is 6.22. The summed E-state index contributed by atoms with van der Waals surface area (Å²) in [5, 5.41) is 1.29. The predicted molar refractivity (Wildman–Crippen MR) is 110 cm³/mol. The lowest BCUT2D eigenvalue weighted by atomic mass is 9.95. The van der Waals surface area contributed by atoms with Crippen LogP contribution in [0.25, 0.3) is 0 Å². The number of likely N-dealkylation sites (N-methyl/N-ethyl adjacent to an activating group) is 1. The van der Waals surface area contributed by atoms with Crippen molar-refractivity contribution < 1.29 is 18.0 Å². The minimum Gasteiger partial charge on any atom is -0.312 e. The Kier molecular flexibility index (Phi) is 8.90. The van der Waals surface area contributed by atoms with Gasteiger partial charge in [0.25, 0.3) is 0 Å². The van der Waals surface area contributed by atoms with Crippen molar-refractivity contribution in [2.75, 3.05) is 31.2 Å². The molecule has 2 rings (SSSR count). The van der Waals surface area contributed by atoms with Crippen LogP contribution in [-0.2, 0) is 4.79 Å². The Labute approximate surface area is 179 Å². The van der Waals surface area contributed by atoms with Crippen LogP contribution in [0.5, 0.6) is 0 Å². The highest BCUT2D eigenvalue weighted by Crippen LogP contribution is 2.26. The van der Waals surface area contributed by atoms with E-state index < -0.39 is 18.1 Å². The van der Waals surface area contributed by atoms with Gasteiger partial charge in [0.05, 0.1) is 24.0 Å². The summed E-state index contributed by atoms with van der Waals surface area (Å²) in [7, 11) is 0. The molecular weight excluding hydrogens is 421 g/mol. The predicted octanol–water partition coefficient (Wildman–Crippen LogP) is 2.64. The highest BCUT2D eigenvalue weighted by atomic mass is 35.5. The number of rotatable bonds is 8. The first-order valence-electron chi connectivity index (χ1n) is 9.78. The summed E-state index contributed by atoms with van der Waals surface area (Å²) < 4.78 is 37.3. The van der Waals surface area contributed by atoms with Crippen molar-refractivity contribution in [1.29, 1.82) is 0 Å². The first kappa shape index (κ1) is 24.4. The number of piperidine rings is 1. The molecule has 1 aromatic rings. The second-order valence-electron chi connectivity index (χ2n) is 7.14. The molecule has 1 aliphatic heterocycles. The maximum absolute atomic E-state index is 13.1. The average Bonchev–Trinajstić information content (AvgIpc) is 2.72. The number of carbonyl (C=O) groups is 1. The Morgan fingerprint density at radius 1 is 1.43 bits per heavy atom. The summed E-state index contributed by atoms with van der Waals surface area (Å²) in [5.41, 5.74) is 5.86. The second kappa shape index (κ2) is 10.9. The highest BCUT2D eigenvalue weighted by Gasteiger charge is 2.33. The number of nitrogens with two attached hydrogens (primary N) is 2. The third-order valence-corrected chi connectivity index (χ3v) is 5.26. The van der Waals surface area contributed by atoms with Crippen molar-refractivity contribution in [3.8, 4) is 0 Å². The van der Waals surface area contributed by atoms with Gasteiger partial charge in [-0.1, -0.05) is 11.6 Å². The van der Waals surface area contributed by atoms with Gasteiger partial charge < -0.3 is 15.5 Å². The fourth-order valence-electron chi connectivity index (χ4n) is 3.39. The van der Waals surface area contributed by atoms with Crippen LogP contribution in [0.15, 0.2) is 36.4 Å². The molecule has 4 N–H and O–H groups in total. The lowest BCUT2D eigenvalue weighted by Crippen LogP contribution is -2.45. The molecule has 0 radical (unpaired) electrons. The van der Waals surface area contributed by atoms with Crippen molar-refractivity contribution in [3.63, 3.8) is 0 Å². The fraction of sp³-hybridized carbons (Fsp3) is 0.579. The van der Waals surface area contributed by atoms with Crippen LogP contribution in [0.2, 0.25) is 0 Å². The fourth-order valence-corrected chi connectivity index (χ4v) is 3.56. The molecule has 168 valence electrons. The normalized spacial score (nSPS) is 17.6. The lowest BCUT2D eigenvalue weighted by molar-refractivity contribution is -0.141. The summed E-state index contributed by atoms with van der Waals surface area (Å²) in [6.07, 6.45) is 0.598. The Morgan fingerprint density at radius 2 is 2.10 bits per heavy atom. The molecule has 0 aliphatic carbocycles. The number of amides is 1. The molecular formula is C19H28ClF3N6O. The molecule has 1 aliphatic rings. The van der Waals surface area contributed by atoms with Crippen LogP contribution in [0.3, 0.4) is 0 Å². The van der Waals surface area contributed by atoms with E-state index in [-0.39, 0.29) is 18.4 Å². The molecule has 0 spiro atoms. The van der Waals surface area contributed by atoms with Gasteiger partial charge in [-0.3, -0.25) is 14.8 Å². The number of halogens is 4. The maximum Gasteiger partial charge on any atom is 0.390 e. The van der Waals surface area contributed by atoms with Crippen molar-refractivity contribution in [2.45, 2.75) is 37.9 Å². The van der Waals surface area contributed by atoms with E-state index in [0.29, 0.717) is 43.9 Å². The smallest absolute Gasteiger partial charge is 0.312 e. The van der Waals surface area contributed by atoms with Gasteiger partial charge in [-0.25, -0.2) is 5.84 Å². The van der Waals surface area contributed by atoms with E-state index in [2.05, 4.69) is 4.98 Å². The molecule has 1 amide bonds. The number of hydrazine groups is 1. The Morgan fingerprint density at radius 3 is 2.60 bits per heavy atom. The largest absolute Gasteiger partial charge is 0.390 e. The van der Waals surface area contributed by atoms with E-state index >= 15 is 0 Å². The van der Waals surface area contributed by atoms with Crippen LogP contribution < -0.4 is 16.6 Å². The van der Waals surface area contributed by atoms with Gasteiger partial charge in [-0.2, -0.15) is 13.2 Å². The van der Waals surface area contributed by atoms with Crippen LogP contribution in [-0.4, -0.2) is 58.5 Å². The number of nitrogens with zero attached hydrogens (tertiary/aromatic N) is 4. The van der Waals surface area contributed by atoms with E-state index in [1.54, 1.807) is 36.4 Å². The van der Waals surface area contributed by atoms with Gasteiger partial charge >= 0.3 is 6.18 Å². The van der Waals surface area contributed by atoms with E-state index in [1.807, 2.05) is 0 Å². The molecule has 1 aromatic heterocycles. The number of likely N-dealkylation sites (tertiary alicyclic amines) is 1. The van der Waals surface area contributed by atoms with Gasteiger partial charge in [-0.15, -0.1) is 0 Å². The van der Waals surface area contributed by atoms with Crippen LogP contribution in [0.1, 0.15) is 26.2 Å². The molecule has 1 atom stereocenters. The first-order chi connectivity index (χ1) is 14.1. The van der Waals surface area contributed by atoms with Crippen molar-refractivity contribution in [3.05, 3.63) is 36.4 Å². The van der Waals surface area contributed by atoms with E-state index in [0.717, 1.165) is 0 Å². The van der Waals surface area contributed by atoms with Crippen molar-refractivity contribution in [2.24, 2.45) is 17.5 Å². The average molecular weight is 449 g/mol. The van der Waals surface area contributed by atoms with Crippen LogP contribution >= 0.6 is 11.6 Å². The van der Waals surface area contributed by atoms with Crippen molar-refractivity contribution >= 4 is 23.2 Å². The quantitative estimate of drug-likeness (QED) is 0.275. The Hall–Kier alpha value is -1.88. The molecule has 0 aromatic carbocycles. The molecule has 1 saturated heterocycles. The van der Waals surface area contributed by atoms with E-state index in [4.69, 9.17) is 23.2 Å². The molecule has 7 nitrogen and oxygen atoms in total. The third-order valence-electron chi connectivity index (χ3n) is 5.04. The maximum atomic E-state index is 13.1. The number of pyridine rings is 1. The number of carbonyl (C=O) groups excluding carboxylic acids is 1. The molecule has 30 heavy (non-hydrogen) atoms. The lowest BCUT2D eigenvalue weighted by Gasteiger charge is -2.35.